The maximum atomic E-state index is 13.0. The molecular formula is C42H58N2O7S. The molecule has 0 radical (unpaired) electrons. The van der Waals surface area contributed by atoms with Gasteiger partial charge in [0.25, 0.3) is 0 Å². The Labute approximate surface area is 314 Å². The molecule has 1 aliphatic heterocycles. The number of carbonyl (C=O) groups is 5. The Morgan fingerprint density at radius 1 is 0.808 bits per heavy atom. The molecular weight excluding hydrogens is 677 g/mol. The van der Waals surface area contributed by atoms with E-state index in [-0.39, 0.29) is 67.3 Å². The number of thioether (sulfide) groups is 1. The number of nitrogens with zero attached hydrogens (tertiary/aromatic N) is 1. The van der Waals surface area contributed by atoms with Crippen molar-refractivity contribution in [1.29, 1.82) is 0 Å². The van der Waals surface area contributed by atoms with E-state index < -0.39 is 11.4 Å². The Morgan fingerprint density at radius 3 is 2.04 bits per heavy atom. The van der Waals surface area contributed by atoms with Gasteiger partial charge in [0.05, 0.1) is 10.7 Å². The van der Waals surface area contributed by atoms with E-state index >= 15 is 0 Å². The highest BCUT2D eigenvalue weighted by atomic mass is 32.2. The summed E-state index contributed by atoms with van der Waals surface area (Å²) in [5, 5.41) is 11.3. The van der Waals surface area contributed by atoms with Crippen molar-refractivity contribution in [2.45, 2.75) is 135 Å². The second kappa shape index (κ2) is 20.5. The minimum atomic E-state index is -0.698. The van der Waals surface area contributed by atoms with Crippen molar-refractivity contribution in [2.24, 2.45) is 5.41 Å². The molecule has 0 spiro atoms. The molecule has 2 N–H and O–H groups in total. The first-order valence-electron chi connectivity index (χ1n) is 19.3. The highest BCUT2D eigenvalue weighted by molar-refractivity contribution is 8.00. The molecule has 0 aromatic heterocycles. The number of benzene rings is 2. The molecule has 2 atom stereocenters. The van der Waals surface area contributed by atoms with E-state index in [2.05, 4.69) is 11.4 Å². The number of hydrogen-bond acceptors (Lipinski definition) is 7. The lowest BCUT2D eigenvalue weighted by Gasteiger charge is -2.20. The Morgan fingerprint density at radius 2 is 1.40 bits per heavy atom. The van der Waals surface area contributed by atoms with Crippen LogP contribution in [0.5, 0.6) is 0 Å². The number of carbonyl (C=O) groups excluding carboxylic acids is 4. The van der Waals surface area contributed by atoms with Crippen molar-refractivity contribution in [3.63, 3.8) is 0 Å². The number of carboxylic acids is 1. The molecule has 10 heteroatoms. The first-order valence-corrected chi connectivity index (χ1v) is 20.4. The van der Waals surface area contributed by atoms with Crippen LogP contribution in [0.4, 0.5) is 5.69 Å². The first-order chi connectivity index (χ1) is 25.0. The summed E-state index contributed by atoms with van der Waals surface area (Å²) in [6.07, 6.45) is 15.5. The maximum absolute atomic E-state index is 13.0. The van der Waals surface area contributed by atoms with Gasteiger partial charge in [0.2, 0.25) is 17.7 Å². The number of carboxylic acid groups (broad SMARTS) is 1. The largest absolute Gasteiger partial charge is 0.481 e. The number of unbranched alkanes of at least 4 members (excludes halogenated alkanes) is 12. The predicted octanol–water partition coefficient (Wildman–Crippen LogP) is 9.12. The SMILES string of the molecule is CC(C)(C)C(=O)OCC1c2ccccc2-c2ccc(NC(=O)CCN3C(=O)CC(SCCCCCCCCCCCCCCCC(=O)O)C3=O)cc21. The summed E-state index contributed by atoms with van der Waals surface area (Å²) in [5.74, 6) is -0.931. The zero-order chi connectivity index (χ0) is 37.5. The van der Waals surface area contributed by atoms with E-state index in [4.69, 9.17) is 9.84 Å². The van der Waals surface area contributed by atoms with Crippen LogP contribution in [-0.2, 0) is 28.7 Å². The summed E-state index contributed by atoms with van der Waals surface area (Å²) >= 11 is 1.56. The molecule has 9 nitrogen and oxygen atoms in total. The fourth-order valence-electron chi connectivity index (χ4n) is 6.95. The van der Waals surface area contributed by atoms with E-state index in [0.717, 1.165) is 60.1 Å². The summed E-state index contributed by atoms with van der Waals surface area (Å²) in [5.41, 5.74) is 4.21. The monoisotopic (exact) mass is 734 g/mol. The van der Waals surface area contributed by atoms with Gasteiger partial charge in [0.15, 0.2) is 0 Å². The smallest absolute Gasteiger partial charge is 0.311 e. The summed E-state index contributed by atoms with van der Waals surface area (Å²) in [6.45, 7) is 5.76. The van der Waals surface area contributed by atoms with Crippen LogP contribution in [0.3, 0.4) is 0 Å². The van der Waals surface area contributed by atoms with Crippen LogP contribution in [0.2, 0.25) is 0 Å². The normalized spacial score (nSPS) is 16.6. The number of amides is 3. The highest BCUT2D eigenvalue weighted by Gasteiger charge is 2.38. The van der Waals surface area contributed by atoms with Gasteiger partial charge in [-0.05, 0) is 73.8 Å². The van der Waals surface area contributed by atoms with E-state index in [1.54, 1.807) is 11.8 Å². The van der Waals surface area contributed by atoms with Crippen molar-refractivity contribution in [3.8, 4) is 11.1 Å². The van der Waals surface area contributed by atoms with E-state index in [1.165, 1.54) is 56.3 Å². The number of rotatable bonds is 23. The Bertz CT molecular complexity index is 1530. The van der Waals surface area contributed by atoms with Gasteiger partial charge in [0, 0.05) is 37.4 Å². The van der Waals surface area contributed by atoms with Gasteiger partial charge in [-0.25, -0.2) is 0 Å². The first kappa shape index (κ1) is 41.1. The molecule has 4 rings (SSSR count). The standard InChI is InChI=1S/C42H58N2O7S/c1-42(2,3)41(50)51-29-35-32-20-17-16-19-31(32)33-23-22-30(27-34(33)35)43-37(45)24-25-44-38(46)28-36(40(44)49)52-26-18-14-12-10-8-6-4-5-7-9-11-13-15-21-39(47)48/h16-17,19-20,22-23,27,35-36H,4-15,18,21,24-26,28-29H2,1-3H3,(H,43,45)(H,47,48). The lowest BCUT2D eigenvalue weighted by molar-refractivity contribution is -0.153. The quantitative estimate of drug-likeness (QED) is 0.0657. The van der Waals surface area contributed by atoms with Crippen molar-refractivity contribution < 1.29 is 33.8 Å². The molecule has 0 bridgehead atoms. The molecule has 1 fully saturated rings. The molecule has 2 aromatic rings. The molecule has 2 aliphatic rings. The number of imide groups is 1. The number of likely N-dealkylation sites (tertiary alicyclic amines) is 1. The average molecular weight is 735 g/mol. The molecule has 2 aromatic carbocycles. The summed E-state index contributed by atoms with van der Waals surface area (Å²) in [4.78, 5) is 63.0. The molecule has 0 saturated carbocycles. The lowest BCUT2D eigenvalue weighted by Crippen LogP contribution is -2.34. The van der Waals surface area contributed by atoms with Crippen LogP contribution in [0.1, 0.15) is 141 Å². The van der Waals surface area contributed by atoms with Crippen molar-refractivity contribution in [2.75, 3.05) is 24.2 Å². The summed E-state index contributed by atoms with van der Waals surface area (Å²) < 4.78 is 5.72. The fraction of sp³-hybridized carbons (Fsp3) is 0.595. The molecule has 1 saturated heterocycles. The third-order valence-corrected chi connectivity index (χ3v) is 11.2. The van der Waals surface area contributed by atoms with Crippen molar-refractivity contribution in [1.82, 2.24) is 4.90 Å². The van der Waals surface area contributed by atoms with Gasteiger partial charge in [-0.3, -0.25) is 28.9 Å². The number of hydrogen-bond donors (Lipinski definition) is 2. The second-order valence-corrected chi connectivity index (χ2v) is 16.6. The molecule has 284 valence electrons. The molecule has 52 heavy (non-hydrogen) atoms. The van der Waals surface area contributed by atoms with Crippen LogP contribution >= 0.6 is 11.8 Å². The molecule has 3 amide bonds. The Kier molecular flexibility index (Phi) is 16.2. The van der Waals surface area contributed by atoms with Crippen LogP contribution in [-0.4, -0.2) is 63.8 Å². The minimum absolute atomic E-state index is 0.0212. The number of esters is 1. The number of nitrogens with one attached hydrogen (secondary N) is 1. The summed E-state index contributed by atoms with van der Waals surface area (Å²) in [6, 6.07) is 13.8. The topological polar surface area (TPSA) is 130 Å². The van der Waals surface area contributed by atoms with Gasteiger partial charge in [-0.15, -0.1) is 11.8 Å². The van der Waals surface area contributed by atoms with Crippen LogP contribution in [0.25, 0.3) is 11.1 Å². The molecule has 1 aliphatic carbocycles. The third kappa shape index (κ3) is 12.5. The predicted molar refractivity (Wildman–Crippen MR) is 207 cm³/mol. The molecule has 2 unspecified atom stereocenters. The summed E-state index contributed by atoms with van der Waals surface area (Å²) in [7, 11) is 0. The lowest BCUT2D eigenvalue weighted by atomic mass is 9.96. The average Bonchev–Trinajstić information content (AvgIpc) is 3.56. The van der Waals surface area contributed by atoms with Gasteiger partial charge in [-0.2, -0.15) is 0 Å². The van der Waals surface area contributed by atoms with Gasteiger partial charge in [0.1, 0.15) is 6.61 Å². The van der Waals surface area contributed by atoms with E-state index in [9.17, 15) is 24.0 Å². The fourth-order valence-corrected chi connectivity index (χ4v) is 8.13. The van der Waals surface area contributed by atoms with Crippen LogP contribution < -0.4 is 5.32 Å². The van der Waals surface area contributed by atoms with Crippen LogP contribution in [0.15, 0.2) is 42.5 Å². The number of aliphatic carboxylic acids is 1. The number of anilines is 1. The zero-order valence-electron chi connectivity index (χ0n) is 31.4. The van der Waals surface area contributed by atoms with Gasteiger partial charge >= 0.3 is 11.9 Å². The van der Waals surface area contributed by atoms with Crippen LogP contribution in [0, 0.1) is 5.41 Å². The Balaban J connectivity index is 1.10. The van der Waals surface area contributed by atoms with Gasteiger partial charge in [-0.1, -0.05) is 101 Å². The van der Waals surface area contributed by atoms with Crippen molar-refractivity contribution >= 4 is 47.1 Å². The highest BCUT2D eigenvalue weighted by Crippen LogP contribution is 2.46. The zero-order valence-corrected chi connectivity index (χ0v) is 32.2. The third-order valence-electron chi connectivity index (χ3n) is 9.95. The Hall–Kier alpha value is -3.66. The molecule has 1 heterocycles. The number of ether oxygens (including phenoxy) is 1. The minimum Gasteiger partial charge on any atom is -0.481 e. The van der Waals surface area contributed by atoms with E-state index in [1.807, 2.05) is 57.2 Å². The van der Waals surface area contributed by atoms with Gasteiger partial charge < -0.3 is 15.2 Å². The maximum Gasteiger partial charge on any atom is 0.311 e. The second-order valence-electron chi connectivity index (χ2n) is 15.3. The van der Waals surface area contributed by atoms with Crippen molar-refractivity contribution in [3.05, 3.63) is 53.6 Å². The van der Waals surface area contributed by atoms with E-state index in [0.29, 0.717) is 5.69 Å². The number of fused-ring (bicyclic) bond motifs is 3.